The van der Waals surface area contributed by atoms with E-state index in [9.17, 15) is 14.0 Å². The molecular formula is C14H15FN2O2. The summed E-state index contributed by atoms with van der Waals surface area (Å²) in [6, 6.07) is 6.03. The molecule has 1 saturated carbocycles. The predicted octanol–water partition coefficient (Wildman–Crippen LogP) is 1.46. The summed E-state index contributed by atoms with van der Waals surface area (Å²) in [5.74, 6) is -1.29. The number of hydrogen-bond acceptors (Lipinski definition) is 2. The third-order valence-corrected chi connectivity index (χ3v) is 3.58. The van der Waals surface area contributed by atoms with Crippen LogP contribution in [0.15, 0.2) is 24.3 Å². The summed E-state index contributed by atoms with van der Waals surface area (Å²) >= 11 is 0. The fraction of sp³-hybridized carbons (Fsp3) is 0.429. The number of carbonyl (C=O) groups excluding carboxylic acids is 2. The normalized spacial score (nSPS) is 22.7. The van der Waals surface area contributed by atoms with Crippen molar-refractivity contribution in [3.05, 3.63) is 30.1 Å². The molecule has 4 nitrogen and oxygen atoms in total. The lowest BCUT2D eigenvalue weighted by molar-refractivity contribution is -0.132. The van der Waals surface area contributed by atoms with Crippen LogP contribution in [0.25, 0.3) is 0 Å². The molecule has 0 radical (unpaired) electrons. The van der Waals surface area contributed by atoms with Gasteiger partial charge in [0.1, 0.15) is 11.7 Å². The van der Waals surface area contributed by atoms with E-state index in [1.165, 1.54) is 12.1 Å². The minimum Gasteiger partial charge on any atom is -0.353 e. The number of benzene rings is 1. The molecule has 100 valence electrons. The molecular weight excluding hydrogens is 247 g/mol. The molecule has 2 amide bonds. The molecule has 0 aromatic heterocycles. The number of rotatable bonds is 3. The van der Waals surface area contributed by atoms with Crippen molar-refractivity contribution in [2.75, 3.05) is 11.4 Å². The maximum absolute atomic E-state index is 12.9. The SMILES string of the molecule is O=C(NC1CC1)C1CCN(c2ccc(F)cc2)C1=O. The molecule has 2 aliphatic rings. The van der Waals surface area contributed by atoms with E-state index in [2.05, 4.69) is 5.32 Å². The van der Waals surface area contributed by atoms with Gasteiger partial charge in [0, 0.05) is 18.3 Å². The lowest BCUT2D eigenvalue weighted by atomic mass is 10.1. The van der Waals surface area contributed by atoms with Crippen molar-refractivity contribution in [1.29, 1.82) is 0 Å². The van der Waals surface area contributed by atoms with Gasteiger partial charge in [0.05, 0.1) is 0 Å². The molecule has 3 rings (SSSR count). The molecule has 5 heteroatoms. The molecule has 0 spiro atoms. The first-order chi connectivity index (χ1) is 9.15. The minimum absolute atomic E-state index is 0.169. The Morgan fingerprint density at radius 1 is 1.21 bits per heavy atom. The summed E-state index contributed by atoms with van der Waals surface area (Å²) in [7, 11) is 0. The number of nitrogens with zero attached hydrogens (tertiary/aromatic N) is 1. The second kappa shape index (κ2) is 4.64. The first kappa shape index (κ1) is 12.1. The maximum Gasteiger partial charge on any atom is 0.239 e. The van der Waals surface area contributed by atoms with Gasteiger partial charge in [0.15, 0.2) is 0 Å². The average Bonchev–Trinajstić information content (AvgIpc) is 3.12. The molecule has 1 aromatic rings. The van der Waals surface area contributed by atoms with Crippen LogP contribution < -0.4 is 10.2 Å². The van der Waals surface area contributed by atoms with E-state index in [1.54, 1.807) is 17.0 Å². The number of anilines is 1. The van der Waals surface area contributed by atoms with Crippen LogP contribution in [0.5, 0.6) is 0 Å². The molecule has 1 unspecified atom stereocenters. The first-order valence-corrected chi connectivity index (χ1v) is 6.52. The van der Waals surface area contributed by atoms with Crippen molar-refractivity contribution in [2.24, 2.45) is 5.92 Å². The zero-order valence-corrected chi connectivity index (χ0v) is 10.4. The van der Waals surface area contributed by atoms with Gasteiger partial charge in [-0.05, 0) is 43.5 Å². The molecule has 1 N–H and O–H groups in total. The van der Waals surface area contributed by atoms with Crippen molar-refractivity contribution >= 4 is 17.5 Å². The van der Waals surface area contributed by atoms with Crippen LogP contribution in [0.1, 0.15) is 19.3 Å². The second-order valence-corrected chi connectivity index (χ2v) is 5.09. The molecule has 1 aliphatic heterocycles. The largest absolute Gasteiger partial charge is 0.353 e. The highest BCUT2D eigenvalue weighted by atomic mass is 19.1. The fourth-order valence-corrected chi connectivity index (χ4v) is 2.33. The van der Waals surface area contributed by atoms with Gasteiger partial charge in [-0.2, -0.15) is 0 Å². The third kappa shape index (κ3) is 2.45. The Morgan fingerprint density at radius 3 is 2.53 bits per heavy atom. The van der Waals surface area contributed by atoms with Gasteiger partial charge in [-0.15, -0.1) is 0 Å². The fourth-order valence-electron chi connectivity index (χ4n) is 2.33. The number of amides is 2. The highest BCUT2D eigenvalue weighted by Gasteiger charge is 2.39. The summed E-state index contributed by atoms with van der Waals surface area (Å²) in [6.07, 6.45) is 2.54. The zero-order valence-electron chi connectivity index (χ0n) is 10.4. The average molecular weight is 262 g/mol. The van der Waals surface area contributed by atoms with Gasteiger partial charge in [-0.1, -0.05) is 0 Å². The first-order valence-electron chi connectivity index (χ1n) is 6.52. The van der Waals surface area contributed by atoms with E-state index in [-0.39, 0.29) is 23.7 Å². The maximum atomic E-state index is 12.9. The topological polar surface area (TPSA) is 49.4 Å². The molecule has 1 heterocycles. The number of carbonyl (C=O) groups is 2. The van der Waals surface area contributed by atoms with Crippen molar-refractivity contribution < 1.29 is 14.0 Å². The lowest BCUT2D eigenvalue weighted by Gasteiger charge is -2.16. The molecule has 1 aromatic carbocycles. The van der Waals surface area contributed by atoms with Gasteiger partial charge >= 0.3 is 0 Å². The zero-order chi connectivity index (χ0) is 13.4. The quantitative estimate of drug-likeness (QED) is 0.838. The highest BCUT2D eigenvalue weighted by molar-refractivity contribution is 6.09. The monoisotopic (exact) mass is 262 g/mol. The summed E-state index contributed by atoms with van der Waals surface area (Å²) in [6.45, 7) is 0.507. The van der Waals surface area contributed by atoms with E-state index in [1.807, 2.05) is 0 Å². The second-order valence-electron chi connectivity index (χ2n) is 5.09. The Hall–Kier alpha value is -1.91. The van der Waals surface area contributed by atoms with E-state index < -0.39 is 5.92 Å². The van der Waals surface area contributed by atoms with Crippen molar-refractivity contribution in [2.45, 2.75) is 25.3 Å². The van der Waals surface area contributed by atoms with Crippen LogP contribution in [0.3, 0.4) is 0 Å². The Morgan fingerprint density at radius 2 is 1.89 bits per heavy atom. The van der Waals surface area contributed by atoms with Crippen LogP contribution in [-0.2, 0) is 9.59 Å². The Balaban J connectivity index is 1.70. The van der Waals surface area contributed by atoms with Gasteiger partial charge in [0.25, 0.3) is 0 Å². The summed E-state index contributed by atoms with van der Waals surface area (Å²) in [5.41, 5.74) is 0.646. The van der Waals surface area contributed by atoms with E-state index in [4.69, 9.17) is 0 Å². The van der Waals surface area contributed by atoms with Crippen molar-refractivity contribution in [3.8, 4) is 0 Å². The minimum atomic E-state index is -0.592. The molecule has 1 aliphatic carbocycles. The lowest BCUT2D eigenvalue weighted by Crippen LogP contribution is -2.37. The van der Waals surface area contributed by atoms with Gasteiger partial charge in [-0.25, -0.2) is 4.39 Å². The summed E-state index contributed by atoms with van der Waals surface area (Å²) in [4.78, 5) is 25.7. The Bertz CT molecular complexity index is 511. The molecule has 0 bridgehead atoms. The molecule has 1 atom stereocenters. The summed E-state index contributed by atoms with van der Waals surface area (Å²) < 4.78 is 12.9. The smallest absolute Gasteiger partial charge is 0.239 e. The third-order valence-electron chi connectivity index (χ3n) is 3.58. The standard InChI is InChI=1S/C14H15FN2O2/c15-9-1-5-11(6-2-9)17-8-7-12(14(17)19)13(18)16-10-3-4-10/h1-2,5-6,10,12H,3-4,7-8H2,(H,16,18). The number of hydrogen-bond donors (Lipinski definition) is 1. The van der Waals surface area contributed by atoms with Crippen LogP contribution >= 0.6 is 0 Å². The summed E-state index contributed by atoms with van der Waals surface area (Å²) in [5, 5.41) is 2.86. The van der Waals surface area contributed by atoms with E-state index >= 15 is 0 Å². The van der Waals surface area contributed by atoms with E-state index in [0.717, 1.165) is 12.8 Å². The Labute approximate surface area is 110 Å². The molecule has 19 heavy (non-hydrogen) atoms. The molecule has 2 fully saturated rings. The Kier molecular flexibility index (Phi) is 2.97. The number of nitrogens with one attached hydrogen (secondary N) is 1. The van der Waals surface area contributed by atoms with E-state index in [0.29, 0.717) is 18.7 Å². The number of halogens is 1. The highest BCUT2D eigenvalue weighted by Crippen LogP contribution is 2.27. The van der Waals surface area contributed by atoms with Crippen LogP contribution in [0.4, 0.5) is 10.1 Å². The van der Waals surface area contributed by atoms with Gasteiger partial charge in [-0.3, -0.25) is 9.59 Å². The van der Waals surface area contributed by atoms with Gasteiger partial charge in [0.2, 0.25) is 11.8 Å². The van der Waals surface area contributed by atoms with Crippen LogP contribution in [0, 0.1) is 11.7 Å². The van der Waals surface area contributed by atoms with Crippen LogP contribution in [-0.4, -0.2) is 24.4 Å². The van der Waals surface area contributed by atoms with Crippen molar-refractivity contribution in [3.63, 3.8) is 0 Å². The van der Waals surface area contributed by atoms with Crippen LogP contribution in [0.2, 0.25) is 0 Å². The van der Waals surface area contributed by atoms with Crippen molar-refractivity contribution in [1.82, 2.24) is 5.32 Å². The predicted molar refractivity (Wildman–Crippen MR) is 68.0 cm³/mol. The van der Waals surface area contributed by atoms with Gasteiger partial charge < -0.3 is 10.2 Å². The molecule has 1 saturated heterocycles.